The summed E-state index contributed by atoms with van der Waals surface area (Å²) in [5, 5.41) is 36.8. The molecule has 0 bridgehead atoms. The number of allylic oxidation sites excluding steroid dienone is 6. The summed E-state index contributed by atoms with van der Waals surface area (Å²) in [6.45, 7) is 5.46. The van der Waals surface area contributed by atoms with Crippen LogP contribution in [0.4, 0.5) is 0 Å². The third-order valence-corrected chi connectivity index (χ3v) is 32.5. The van der Waals surface area contributed by atoms with Gasteiger partial charge < -0.3 is 4.74 Å². The van der Waals surface area contributed by atoms with E-state index < -0.39 is 0 Å². The second-order valence-corrected chi connectivity index (χ2v) is 32.7. The van der Waals surface area contributed by atoms with E-state index in [1.165, 1.54) is 36.0 Å². The van der Waals surface area contributed by atoms with Crippen LogP contribution in [0.5, 0.6) is 5.75 Å². The third kappa shape index (κ3) is 2.29. The van der Waals surface area contributed by atoms with Crippen molar-refractivity contribution in [1.29, 1.82) is 0 Å². The van der Waals surface area contributed by atoms with Crippen LogP contribution in [0, 0.1) is 6.92 Å². The zero-order chi connectivity index (χ0) is 51.3. The van der Waals surface area contributed by atoms with Gasteiger partial charge in [0.15, 0.2) is 0 Å². The van der Waals surface area contributed by atoms with E-state index in [0.29, 0.717) is 94.7 Å². The molecule has 1 heteroatoms. The van der Waals surface area contributed by atoms with Gasteiger partial charge in [0.1, 0.15) is 5.75 Å². The number of benzene rings is 12. The number of hydrogen-bond donors (Lipinski definition) is 0. The first-order chi connectivity index (χ1) is 41.8. The molecule has 0 radical (unpaired) electrons. The van der Waals surface area contributed by atoms with Crippen LogP contribution in [0.3, 0.4) is 0 Å². The zero-order valence-electron chi connectivity index (χ0n) is 46.0. The van der Waals surface area contributed by atoms with E-state index >= 15 is 0 Å². The van der Waals surface area contributed by atoms with E-state index in [9.17, 15) is 0 Å². The summed E-state index contributed by atoms with van der Waals surface area (Å²) in [6, 6.07) is 20.3. The number of rotatable bonds is 8. The minimum atomic E-state index is -0.306. The van der Waals surface area contributed by atoms with Crippen LogP contribution in [0.1, 0.15) is 255 Å². The average Bonchev–Trinajstić information content (AvgIpc) is 1.38. The lowest BCUT2D eigenvalue weighted by Gasteiger charge is -2.68. The van der Waals surface area contributed by atoms with Crippen molar-refractivity contribution < 1.29 is 4.74 Å². The molecule has 0 aromatic heterocycles. The lowest BCUT2D eigenvalue weighted by atomic mass is 9.32. The van der Waals surface area contributed by atoms with Gasteiger partial charge in [0.25, 0.3) is 0 Å². The van der Waals surface area contributed by atoms with Crippen molar-refractivity contribution >= 4 is 130 Å². The summed E-state index contributed by atoms with van der Waals surface area (Å²) in [5.41, 5.74) is 49.6. The van der Waals surface area contributed by atoms with Crippen molar-refractivity contribution in [1.82, 2.24) is 0 Å². The van der Waals surface area contributed by atoms with Gasteiger partial charge in [-0.15, -0.1) is 0 Å². The van der Waals surface area contributed by atoms with E-state index in [1.54, 1.807) is 16.5 Å². The van der Waals surface area contributed by atoms with Gasteiger partial charge in [-0.1, -0.05) is 80.3 Å². The first-order valence-electron chi connectivity index (χ1n) is 33.7. The standard InChI is InChI=1S/C83H42O/c1-3-4-5-6-17-84-21-13-11-20(12-14-21)23-16-15-22(19-9-7-18(2)8-10-19)82-78-70-62-52-42-34-26-24-25-28-32-30(26)38-46-40(32)50-44-36(28)37-29(25)33-31-27(24)35(34)43-49-39(31)47-41(33)51-45(37)55-54(44)64-58(50)68-60(46)66(56(62)48(38)42)74(78)76(68)80-72(64)73-65(55)59(51)69-61(47)67-57(49)63(53(43)52)71(70)79(82)75(67)77(69)81(73)83(23,80)82/h7-16,24-26,30,38,41,48,51,56,59,66,69,74,77-78,81H,3-6,17H2,1-2H3. The Morgan fingerprint density at radius 2 is 0.714 bits per heavy atom. The first kappa shape index (κ1) is 36.2. The average molecular weight is 1060 g/mol. The maximum atomic E-state index is 6.73. The van der Waals surface area contributed by atoms with Crippen molar-refractivity contribution in [3.63, 3.8) is 0 Å². The minimum absolute atomic E-state index is 0.295. The quantitative estimate of drug-likeness (QED) is 0.109. The highest BCUT2D eigenvalue weighted by Crippen LogP contribution is 2.99. The highest BCUT2D eigenvalue weighted by molar-refractivity contribution is 6.54. The van der Waals surface area contributed by atoms with Gasteiger partial charge in [-0.2, -0.15) is 0 Å². The summed E-state index contributed by atoms with van der Waals surface area (Å²) in [7, 11) is 0. The predicted octanol–water partition coefficient (Wildman–Crippen LogP) is 19.3. The second kappa shape index (κ2) is 9.21. The normalized spacial score (nSPS) is 38.3. The molecule has 21 aliphatic rings. The molecule has 380 valence electrons. The topological polar surface area (TPSA) is 9.23 Å². The van der Waals surface area contributed by atoms with Crippen molar-refractivity contribution in [2.45, 2.75) is 145 Å². The molecular formula is C83H42O. The van der Waals surface area contributed by atoms with Crippen LogP contribution in [0.25, 0.3) is 130 Å². The molecule has 0 aliphatic heterocycles. The van der Waals surface area contributed by atoms with E-state index in [1.807, 2.05) is 225 Å². The van der Waals surface area contributed by atoms with Crippen molar-refractivity contribution in [2.75, 3.05) is 6.61 Å². The molecule has 35 rings (SSSR count). The molecule has 0 fully saturated rings. The molecule has 2 spiro atoms. The lowest BCUT2D eigenvalue weighted by Crippen LogP contribution is -2.63. The summed E-state index contributed by atoms with van der Waals surface area (Å²) >= 11 is 0. The maximum Gasteiger partial charge on any atom is 0.119 e. The molecule has 18 unspecified atom stereocenters. The number of aryl methyl sites for hydroxylation is 1. The molecule has 14 aromatic carbocycles. The molecule has 21 aliphatic carbocycles. The molecule has 0 saturated carbocycles. The van der Waals surface area contributed by atoms with Crippen LogP contribution in [-0.2, 0) is 10.8 Å². The lowest BCUT2D eigenvalue weighted by molar-refractivity contribution is 0.143. The van der Waals surface area contributed by atoms with Gasteiger partial charge in [0.2, 0.25) is 0 Å². The first-order valence-corrected chi connectivity index (χ1v) is 33.7. The summed E-state index contributed by atoms with van der Waals surface area (Å²) in [4.78, 5) is 0. The van der Waals surface area contributed by atoms with Gasteiger partial charge in [0.05, 0.1) is 6.61 Å². The van der Waals surface area contributed by atoms with Crippen molar-refractivity contribution in [2.24, 2.45) is 0 Å². The molecule has 84 heavy (non-hydrogen) atoms. The van der Waals surface area contributed by atoms with E-state index in [2.05, 4.69) is 74.5 Å². The Hall–Kier alpha value is -7.74. The Labute approximate surface area is 478 Å². The Morgan fingerprint density at radius 1 is 0.333 bits per heavy atom. The molecule has 0 N–H and O–H groups in total. The Balaban J connectivity index is 0.899. The summed E-state index contributed by atoms with van der Waals surface area (Å²) in [5.74, 6) is 9.35. The monoisotopic (exact) mass is 1050 g/mol. The Bertz CT molecular complexity index is 6520. The van der Waals surface area contributed by atoms with Crippen LogP contribution < -0.4 is 4.74 Å². The third-order valence-electron chi connectivity index (χ3n) is 32.5. The SMILES string of the molecule is CCCCCCOc1ccc(C2=CC=C(c3ccc(C)cc3)C34c5c6c7c8c9c%10c%11c%12c%13c%14c%15c%16c%17c(c5c5c%16c%13c%10c75)C3C3c5c7c%10c%13c%16c%18c%19c%20c%21c%22c%23c%24c%25c(c5c5c%24c%21c%18c%105)C3C%17C%15C%25C%23C%14C%12C%22C%20=C%11C9C%19C%16C8C6C%13C274)cc1. The van der Waals surface area contributed by atoms with E-state index in [0.717, 1.165) is 18.8 Å². The van der Waals surface area contributed by atoms with Crippen LogP contribution in [0.15, 0.2) is 60.7 Å². The Kier molecular flexibility index (Phi) is 3.97. The van der Waals surface area contributed by atoms with E-state index in [4.69, 9.17) is 4.74 Å². The molecule has 1 nitrogen and oxygen atoms in total. The number of hydrogen-bond acceptors (Lipinski definition) is 1. The summed E-state index contributed by atoms with van der Waals surface area (Å²) in [6.07, 6.45) is 10.6. The highest BCUT2D eigenvalue weighted by Gasteiger charge is 2.86. The van der Waals surface area contributed by atoms with Crippen molar-refractivity contribution in [3.05, 3.63) is 189 Å². The van der Waals surface area contributed by atoms with Crippen LogP contribution >= 0.6 is 0 Å². The van der Waals surface area contributed by atoms with Gasteiger partial charge in [0, 0.05) is 70.0 Å². The zero-order valence-corrected chi connectivity index (χ0v) is 46.0. The van der Waals surface area contributed by atoms with Gasteiger partial charge in [-0.05, 0) is 313 Å². The van der Waals surface area contributed by atoms with Gasteiger partial charge >= 0.3 is 0 Å². The van der Waals surface area contributed by atoms with E-state index in [-0.39, 0.29) is 10.8 Å². The second-order valence-electron chi connectivity index (χ2n) is 32.7. The fourth-order valence-corrected chi connectivity index (χ4v) is 32.9. The minimum Gasteiger partial charge on any atom is -0.494 e. The maximum absolute atomic E-state index is 6.73. The predicted molar refractivity (Wildman–Crippen MR) is 332 cm³/mol. The highest BCUT2D eigenvalue weighted by atomic mass is 16.5. The number of unbranched alkanes of at least 4 members (excludes halogenated alkanes) is 3. The fourth-order valence-electron chi connectivity index (χ4n) is 32.9. The molecular weight excluding hydrogens is 1010 g/mol. The fraction of sp³-hybridized carbons (Fsp3) is 0.301. The molecule has 14 aromatic rings. The molecule has 0 saturated heterocycles. The van der Waals surface area contributed by atoms with Crippen LogP contribution in [-0.4, -0.2) is 6.61 Å². The van der Waals surface area contributed by atoms with Gasteiger partial charge in [-0.3, -0.25) is 0 Å². The molecule has 18 atom stereocenters. The van der Waals surface area contributed by atoms with Crippen LogP contribution in [0.2, 0.25) is 0 Å². The summed E-state index contributed by atoms with van der Waals surface area (Å²) < 4.78 is 6.73. The van der Waals surface area contributed by atoms with Crippen molar-refractivity contribution in [3.8, 4) is 5.75 Å². The molecule has 0 heterocycles. The van der Waals surface area contributed by atoms with Gasteiger partial charge in [-0.25, -0.2) is 0 Å². The largest absolute Gasteiger partial charge is 0.494 e. The number of ether oxygens (including phenoxy) is 1. The molecule has 0 amide bonds. The smallest absolute Gasteiger partial charge is 0.119 e. The Morgan fingerprint density at radius 3 is 1.19 bits per heavy atom.